The number of H-pyrrole nitrogens is 1. The van der Waals surface area contributed by atoms with E-state index < -0.39 is 0 Å². The van der Waals surface area contributed by atoms with E-state index in [1.54, 1.807) is 18.2 Å². The van der Waals surface area contributed by atoms with Crippen LogP contribution in [-0.2, 0) is 0 Å². The van der Waals surface area contributed by atoms with E-state index >= 15 is 0 Å². The van der Waals surface area contributed by atoms with Crippen molar-refractivity contribution in [3.8, 4) is 11.8 Å². The lowest BCUT2D eigenvalue weighted by molar-refractivity contribution is 0.102. The zero-order chi connectivity index (χ0) is 14.5. The topological polar surface area (TPSA) is 65.1 Å². The Morgan fingerprint density at radius 3 is 2.75 bits per heavy atom. The van der Waals surface area contributed by atoms with E-state index in [1.165, 1.54) is 12.3 Å². The largest absolute Gasteiger partial charge is 0.384 e. The maximum atomic E-state index is 12.0. The molecule has 102 valence electrons. The lowest BCUT2D eigenvalue weighted by atomic mass is 10.1. The Labute approximate surface area is 125 Å². The van der Waals surface area contributed by atoms with Gasteiger partial charge in [0.25, 0.3) is 5.91 Å². The van der Waals surface area contributed by atoms with Gasteiger partial charge in [0.15, 0.2) is 0 Å². The number of aromatic nitrogens is 1. The molecule has 0 bridgehead atoms. The Balaban J connectivity index is 2.28. The number of hydrogen-bond acceptors (Lipinski definition) is 2. The summed E-state index contributed by atoms with van der Waals surface area (Å²) >= 11 is 11.7. The molecule has 1 aromatic carbocycles. The van der Waals surface area contributed by atoms with E-state index in [0.717, 1.165) is 0 Å². The van der Waals surface area contributed by atoms with Crippen LogP contribution in [0.1, 0.15) is 16.1 Å². The number of aliphatic hydroxyl groups is 1. The van der Waals surface area contributed by atoms with Crippen LogP contribution in [0, 0.1) is 11.8 Å². The highest BCUT2D eigenvalue weighted by molar-refractivity contribution is 6.31. The summed E-state index contributed by atoms with van der Waals surface area (Å²) in [5, 5.41) is 12.3. The number of rotatable bonds is 2. The Morgan fingerprint density at radius 1 is 1.30 bits per heavy atom. The number of aliphatic hydroxyl groups excluding tert-OH is 1. The molecule has 2 rings (SSSR count). The molecular weight excluding hydrogens is 299 g/mol. The Morgan fingerprint density at radius 2 is 2.10 bits per heavy atom. The molecule has 0 unspecified atom stereocenters. The van der Waals surface area contributed by atoms with Crippen LogP contribution >= 0.6 is 23.2 Å². The minimum absolute atomic E-state index is 0.262. The molecule has 0 spiro atoms. The van der Waals surface area contributed by atoms with Crippen LogP contribution < -0.4 is 5.32 Å². The molecule has 0 aliphatic rings. The predicted octanol–water partition coefficient (Wildman–Crippen LogP) is 2.92. The predicted molar refractivity (Wildman–Crippen MR) is 79.2 cm³/mol. The summed E-state index contributed by atoms with van der Waals surface area (Å²) in [6, 6.07) is 6.43. The van der Waals surface area contributed by atoms with Gasteiger partial charge in [-0.15, -0.1) is 0 Å². The first kappa shape index (κ1) is 14.5. The number of amides is 1. The van der Waals surface area contributed by atoms with Crippen molar-refractivity contribution in [2.75, 3.05) is 11.9 Å². The van der Waals surface area contributed by atoms with Crippen molar-refractivity contribution < 1.29 is 9.90 Å². The fraction of sp³-hybridized carbons (Fsp3) is 0.0714. The number of anilines is 1. The molecule has 1 heterocycles. The highest BCUT2D eigenvalue weighted by Crippen LogP contribution is 2.21. The monoisotopic (exact) mass is 308 g/mol. The number of aromatic amines is 1. The molecule has 0 aliphatic heterocycles. The Bertz CT molecular complexity index is 699. The SMILES string of the molecule is O=C(Nc1cc(Cl)ccc1C#CCO)c1cc(Cl)c[nH]1. The second-order valence-corrected chi connectivity index (χ2v) is 4.71. The maximum absolute atomic E-state index is 12.0. The van der Waals surface area contributed by atoms with Gasteiger partial charge in [0.1, 0.15) is 12.3 Å². The molecule has 0 atom stereocenters. The standard InChI is InChI=1S/C14H10Cl2N2O2/c15-10-4-3-9(2-1-5-19)12(6-10)18-14(20)13-7-11(16)8-17-13/h3-4,6-8,17,19H,5H2,(H,18,20). The van der Waals surface area contributed by atoms with Crippen molar-refractivity contribution in [2.45, 2.75) is 0 Å². The van der Waals surface area contributed by atoms with Gasteiger partial charge in [-0.1, -0.05) is 35.0 Å². The van der Waals surface area contributed by atoms with Crippen LogP contribution in [0.25, 0.3) is 0 Å². The molecular formula is C14H10Cl2N2O2. The lowest BCUT2D eigenvalue weighted by Crippen LogP contribution is -2.13. The molecule has 1 aromatic heterocycles. The third kappa shape index (κ3) is 3.55. The fourth-order valence-corrected chi connectivity index (χ4v) is 1.89. The number of benzene rings is 1. The highest BCUT2D eigenvalue weighted by atomic mass is 35.5. The molecule has 0 saturated heterocycles. The lowest BCUT2D eigenvalue weighted by Gasteiger charge is -2.07. The van der Waals surface area contributed by atoms with Gasteiger partial charge >= 0.3 is 0 Å². The first-order valence-electron chi connectivity index (χ1n) is 5.64. The minimum Gasteiger partial charge on any atom is -0.384 e. The fourth-order valence-electron chi connectivity index (χ4n) is 1.55. The Kier molecular flexibility index (Phi) is 4.70. The molecule has 4 nitrogen and oxygen atoms in total. The van der Waals surface area contributed by atoms with Crippen LogP contribution in [0.3, 0.4) is 0 Å². The quantitative estimate of drug-likeness (QED) is 0.747. The number of hydrogen-bond donors (Lipinski definition) is 3. The van der Waals surface area contributed by atoms with Gasteiger partial charge in [0.05, 0.1) is 10.7 Å². The van der Waals surface area contributed by atoms with Crippen molar-refractivity contribution in [2.24, 2.45) is 0 Å². The number of nitrogens with one attached hydrogen (secondary N) is 2. The van der Waals surface area contributed by atoms with Gasteiger partial charge in [-0.05, 0) is 24.3 Å². The van der Waals surface area contributed by atoms with Gasteiger partial charge in [-0.3, -0.25) is 4.79 Å². The minimum atomic E-state index is -0.355. The number of halogens is 2. The second-order valence-electron chi connectivity index (χ2n) is 3.84. The van der Waals surface area contributed by atoms with Crippen molar-refractivity contribution in [3.05, 3.63) is 51.8 Å². The van der Waals surface area contributed by atoms with E-state index in [4.69, 9.17) is 28.3 Å². The molecule has 3 N–H and O–H groups in total. The van der Waals surface area contributed by atoms with E-state index in [1.807, 2.05) is 0 Å². The molecule has 0 aliphatic carbocycles. The summed E-state index contributed by atoms with van der Waals surface area (Å²) in [5.41, 5.74) is 1.36. The third-order valence-electron chi connectivity index (χ3n) is 2.42. The number of carbonyl (C=O) groups excluding carboxylic acids is 1. The summed E-state index contributed by atoms with van der Waals surface area (Å²) in [4.78, 5) is 14.8. The molecule has 0 saturated carbocycles. The summed E-state index contributed by atoms with van der Waals surface area (Å²) in [5.74, 6) is 4.91. The summed E-state index contributed by atoms with van der Waals surface area (Å²) in [6.45, 7) is -0.262. The summed E-state index contributed by atoms with van der Waals surface area (Å²) in [6.07, 6.45) is 1.51. The highest BCUT2D eigenvalue weighted by Gasteiger charge is 2.10. The van der Waals surface area contributed by atoms with E-state index in [2.05, 4.69) is 22.1 Å². The summed E-state index contributed by atoms with van der Waals surface area (Å²) in [7, 11) is 0. The molecule has 20 heavy (non-hydrogen) atoms. The normalized spacial score (nSPS) is 9.75. The van der Waals surface area contributed by atoms with Crippen LogP contribution in [0.2, 0.25) is 10.0 Å². The van der Waals surface area contributed by atoms with E-state index in [9.17, 15) is 4.79 Å². The molecule has 1 amide bonds. The zero-order valence-corrected chi connectivity index (χ0v) is 11.7. The molecule has 0 fully saturated rings. The average molecular weight is 309 g/mol. The molecule has 6 heteroatoms. The van der Waals surface area contributed by atoms with Crippen molar-refractivity contribution in [3.63, 3.8) is 0 Å². The first-order chi connectivity index (χ1) is 9.60. The van der Waals surface area contributed by atoms with Gasteiger partial charge in [0, 0.05) is 16.8 Å². The van der Waals surface area contributed by atoms with Crippen molar-refractivity contribution in [1.82, 2.24) is 4.98 Å². The molecule has 0 radical (unpaired) electrons. The van der Waals surface area contributed by atoms with Gasteiger partial charge in [0.2, 0.25) is 0 Å². The average Bonchev–Trinajstić information content (AvgIpc) is 2.85. The van der Waals surface area contributed by atoms with Crippen LogP contribution in [-0.4, -0.2) is 22.6 Å². The van der Waals surface area contributed by atoms with Gasteiger partial charge in [-0.2, -0.15) is 0 Å². The van der Waals surface area contributed by atoms with E-state index in [-0.39, 0.29) is 12.5 Å². The smallest absolute Gasteiger partial charge is 0.272 e. The van der Waals surface area contributed by atoms with Crippen LogP contribution in [0.15, 0.2) is 30.5 Å². The maximum Gasteiger partial charge on any atom is 0.272 e. The zero-order valence-electron chi connectivity index (χ0n) is 10.2. The van der Waals surface area contributed by atoms with Crippen LogP contribution in [0.4, 0.5) is 5.69 Å². The number of carbonyl (C=O) groups is 1. The van der Waals surface area contributed by atoms with Gasteiger partial charge < -0.3 is 15.4 Å². The van der Waals surface area contributed by atoms with Crippen LogP contribution in [0.5, 0.6) is 0 Å². The second kappa shape index (κ2) is 6.49. The Hall–Kier alpha value is -1.93. The van der Waals surface area contributed by atoms with Crippen molar-refractivity contribution in [1.29, 1.82) is 0 Å². The summed E-state index contributed by atoms with van der Waals surface area (Å²) < 4.78 is 0. The third-order valence-corrected chi connectivity index (χ3v) is 2.88. The molecule has 2 aromatic rings. The van der Waals surface area contributed by atoms with Crippen molar-refractivity contribution >= 4 is 34.8 Å². The van der Waals surface area contributed by atoms with E-state index in [0.29, 0.717) is 27.0 Å². The first-order valence-corrected chi connectivity index (χ1v) is 6.40. The van der Waals surface area contributed by atoms with Gasteiger partial charge in [-0.25, -0.2) is 0 Å².